The summed E-state index contributed by atoms with van der Waals surface area (Å²) in [7, 11) is -14.0. The molecule has 0 aliphatic carbocycles. The van der Waals surface area contributed by atoms with Crippen LogP contribution in [0.5, 0.6) is 0 Å². The zero-order chi connectivity index (χ0) is 19.0. The molecule has 0 saturated carbocycles. The van der Waals surface area contributed by atoms with Crippen LogP contribution in [0.2, 0.25) is 0 Å². The lowest BCUT2D eigenvalue weighted by Gasteiger charge is -2.31. The zero-order valence-electron chi connectivity index (χ0n) is 10.8. The Balaban J connectivity index is 3.21. The quantitative estimate of drug-likeness (QED) is 0.520. The Bertz CT molecular complexity index is 790. The molecule has 0 heterocycles. The van der Waals surface area contributed by atoms with Gasteiger partial charge in [-0.05, 0) is 23.9 Å². The van der Waals surface area contributed by atoms with E-state index >= 15 is 0 Å². The van der Waals surface area contributed by atoms with E-state index in [9.17, 15) is 47.6 Å². The van der Waals surface area contributed by atoms with Crippen molar-refractivity contribution in [3.63, 3.8) is 0 Å². The predicted octanol–water partition coefficient (Wildman–Crippen LogP) is 3.52. The maximum atomic E-state index is 13.6. The van der Waals surface area contributed by atoms with Crippen molar-refractivity contribution in [3.8, 4) is 0 Å². The smallest absolute Gasteiger partial charge is 0.423 e. The Hall–Kier alpha value is -1.06. The summed E-state index contributed by atoms with van der Waals surface area (Å²) in [5, 5.41) is -11.7. The number of halogens is 7. The lowest BCUT2D eigenvalue weighted by molar-refractivity contribution is -0.0895. The Morgan fingerprint density at radius 3 is 1.67 bits per heavy atom. The van der Waals surface area contributed by atoms with Gasteiger partial charge in [0.1, 0.15) is 0 Å². The van der Waals surface area contributed by atoms with Crippen LogP contribution in [0.25, 0.3) is 4.13 Å². The molecule has 0 unspecified atom stereocenters. The maximum absolute atomic E-state index is 13.6. The van der Waals surface area contributed by atoms with E-state index in [0.29, 0.717) is 0 Å². The maximum Gasteiger partial charge on any atom is 0.480 e. The molecule has 0 aromatic heterocycles. The summed E-state index contributed by atoms with van der Waals surface area (Å²) in [4.78, 5) is -0.545. The van der Waals surface area contributed by atoms with Crippen molar-refractivity contribution in [1.82, 2.24) is 0 Å². The third kappa shape index (κ3) is 4.12. The molecular weight excluding hydrogens is 415 g/mol. The normalized spacial score (nSPS) is 14.6. The van der Waals surface area contributed by atoms with Crippen LogP contribution < -0.4 is 0 Å². The van der Waals surface area contributed by atoms with Gasteiger partial charge in [-0.2, -0.15) is 30.7 Å². The molecule has 24 heavy (non-hydrogen) atoms. The molecule has 0 bridgehead atoms. The van der Waals surface area contributed by atoms with Crippen molar-refractivity contribution >= 4 is 31.8 Å². The second kappa shape index (κ2) is 6.34. The SMILES string of the molecule is O=S(=O)([N-]S(=O)(=O)C(F)(F)C(F)(F)Sc1ccccc1)C(F)(F)F. The van der Waals surface area contributed by atoms with Crippen LogP contribution in [0.4, 0.5) is 30.7 Å². The average molecular weight is 420 g/mol. The van der Waals surface area contributed by atoms with Crippen LogP contribution in [0.15, 0.2) is 35.2 Å². The van der Waals surface area contributed by atoms with E-state index in [1.54, 1.807) is 0 Å². The van der Waals surface area contributed by atoms with E-state index in [-0.39, 0.29) is 0 Å². The highest BCUT2D eigenvalue weighted by molar-refractivity contribution is 8.13. The highest BCUT2D eigenvalue weighted by Crippen LogP contribution is 2.51. The molecule has 0 N–H and O–H groups in total. The average Bonchev–Trinajstić information content (AvgIpc) is 2.36. The summed E-state index contributed by atoms with van der Waals surface area (Å²) in [5.74, 6) is 0. The van der Waals surface area contributed by atoms with Gasteiger partial charge in [-0.1, -0.05) is 18.2 Å². The summed E-state index contributed by atoms with van der Waals surface area (Å²) in [6, 6.07) is 5.39. The van der Waals surface area contributed by atoms with E-state index in [2.05, 4.69) is 0 Å². The topological polar surface area (TPSA) is 82.4 Å². The molecule has 0 amide bonds. The van der Waals surface area contributed by atoms with Crippen molar-refractivity contribution in [1.29, 1.82) is 0 Å². The predicted molar refractivity (Wildman–Crippen MR) is 69.4 cm³/mol. The first-order valence-corrected chi connectivity index (χ1v) is 9.03. The molecule has 138 valence electrons. The highest BCUT2D eigenvalue weighted by Gasteiger charge is 2.64. The van der Waals surface area contributed by atoms with Gasteiger partial charge in [-0.15, -0.1) is 0 Å². The molecule has 15 heteroatoms. The lowest BCUT2D eigenvalue weighted by Crippen LogP contribution is -2.45. The molecule has 0 aliphatic heterocycles. The van der Waals surface area contributed by atoms with Gasteiger partial charge in [-0.3, -0.25) is 0 Å². The Morgan fingerprint density at radius 2 is 1.25 bits per heavy atom. The Kier molecular flexibility index (Phi) is 5.55. The lowest BCUT2D eigenvalue weighted by atomic mass is 10.4. The second-order valence-electron chi connectivity index (χ2n) is 3.92. The van der Waals surface area contributed by atoms with Crippen molar-refractivity contribution in [2.75, 3.05) is 0 Å². The summed E-state index contributed by atoms with van der Waals surface area (Å²) in [6.45, 7) is 0. The molecule has 1 aromatic carbocycles. The number of hydrogen-bond donors (Lipinski definition) is 0. The fourth-order valence-corrected chi connectivity index (χ4v) is 4.26. The molecule has 5 nitrogen and oxygen atoms in total. The Morgan fingerprint density at radius 1 is 0.792 bits per heavy atom. The van der Waals surface area contributed by atoms with Gasteiger partial charge in [0.25, 0.3) is 0 Å². The van der Waals surface area contributed by atoms with Gasteiger partial charge in [0.15, 0.2) is 20.0 Å². The number of thioether (sulfide) groups is 1. The van der Waals surface area contributed by atoms with Crippen molar-refractivity contribution in [2.45, 2.75) is 20.9 Å². The van der Waals surface area contributed by atoms with Gasteiger partial charge >= 0.3 is 16.0 Å². The van der Waals surface area contributed by atoms with E-state index in [1.165, 1.54) is 6.07 Å². The number of benzene rings is 1. The molecule has 1 rings (SSSR count). The first-order valence-electron chi connectivity index (χ1n) is 5.33. The highest BCUT2D eigenvalue weighted by atomic mass is 32.3. The minimum Gasteiger partial charge on any atom is -0.423 e. The number of sulfonamides is 2. The van der Waals surface area contributed by atoms with Crippen LogP contribution in [0, 0.1) is 0 Å². The van der Waals surface area contributed by atoms with Crippen LogP contribution >= 0.6 is 11.8 Å². The van der Waals surface area contributed by atoms with Gasteiger partial charge in [0.2, 0.25) is 0 Å². The minimum absolute atomic E-state index is 0.545. The second-order valence-corrected chi connectivity index (χ2v) is 8.58. The van der Waals surface area contributed by atoms with Gasteiger partial charge in [0.05, 0.1) is 0 Å². The van der Waals surface area contributed by atoms with Gasteiger partial charge in [0, 0.05) is 4.90 Å². The number of nitrogens with zero attached hydrogens (tertiary/aromatic N) is 1. The molecule has 0 atom stereocenters. The first-order chi connectivity index (χ1) is 10.5. The number of rotatable bonds is 6. The summed E-state index contributed by atoms with van der Waals surface area (Å²) >= 11 is -0.985. The zero-order valence-corrected chi connectivity index (χ0v) is 13.3. The van der Waals surface area contributed by atoms with Crippen molar-refractivity contribution in [2.24, 2.45) is 0 Å². The van der Waals surface area contributed by atoms with Gasteiger partial charge < -0.3 is 4.13 Å². The van der Waals surface area contributed by atoms with Gasteiger partial charge in [-0.25, -0.2) is 16.8 Å². The van der Waals surface area contributed by atoms with Crippen LogP contribution in [0.3, 0.4) is 0 Å². The summed E-state index contributed by atoms with van der Waals surface area (Å²) < 4.78 is 134. The van der Waals surface area contributed by atoms with E-state index in [0.717, 1.165) is 28.4 Å². The number of alkyl halides is 7. The molecule has 0 saturated heterocycles. The van der Waals surface area contributed by atoms with E-state index in [4.69, 9.17) is 0 Å². The van der Waals surface area contributed by atoms with E-state index in [1.807, 2.05) is 0 Å². The molecule has 0 aliphatic rings. The summed E-state index contributed by atoms with van der Waals surface area (Å²) in [5.41, 5.74) is -6.35. The third-order valence-electron chi connectivity index (χ3n) is 2.14. The van der Waals surface area contributed by atoms with E-state index < -0.39 is 52.7 Å². The standard InChI is InChI=1S/C9H5F7NO4S3/c10-7(11,22-6-4-2-1-3-5-6)8(12,13)23(18,19)17-24(20,21)9(14,15)16/h1-5H/q-1. The van der Waals surface area contributed by atoms with Crippen molar-refractivity contribution < 1.29 is 47.6 Å². The molecule has 0 fully saturated rings. The van der Waals surface area contributed by atoms with Crippen LogP contribution in [0.1, 0.15) is 0 Å². The largest absolute Gasteiger partial charge is 0.480 e. The molecule has 0 radical (unpaired) electrons. The molecule has 1 aromatic rings. The summed E-state index contributed by atoms with van der Waals surface area (Å²) in [6.07, 6.45) is 0. The van der Waals surface area contributed by atoms with Crippen LogP contribution in [-0.4, -0.2) is 32.9 Å². The van der Waals surface area contributed by atoms with Crippen molar-refractivity contribution in [3.05, 3.63) is 34.5 Å². The first kappa shape index (κ1) is 21.0. The fourth-order valence-electron chi connectivity index (χ4n) is 1.06. The van der Waals surface area contributed by atoms with Crippen LogP contribution in [-0.2, 0) is 20.0 Å². The number of hydrogen-bond acceptors (Lipinski definition) is 5. The minimum atomic E-state index is -7.07. The monoisotopic (exact) mass is 420 g/mol. The Labute approximate surface area is 135 Å². The third-order valence-corrected chi connectivity index (χ3v) is 6.35. The molecular formula is C9H5F7NO4S3-. The fraction of sp³-hybridized carbons (Fsp3) is 0.333. The molecule has 0 spiro atoms.